The Hall–Kier alpha value is -4.52. The van der Waals surface area contributed by atoms with Crippen LogP contribution in [0.2, 0.25) is 0 Å². The first kappa shape index (κ1) is 26.1. The molecule has 0 aliphatic carbocycles. The van der Waals surface area contributed by atoms with Gasteiger partial charge in [-0.2, -0.15) is 18.3 Å². The van der Waals surface area contributed by atoms with Gasteiger partial charge in [0.05, 0.1) is 50.8 Å². The lowest BCUT2D eigenvalue weighted by molar-refractivity contribution is -0.141. The summed E-state index contributed by atoms with van der Waals surface area (Å²) in [4.78, 5) is 20.7. The topological polar surface area (TPSA) is 123 Å². The van der Waals surface area contributed by atoms with E-state index in [4.69, 9.17) is 9.52 Å². The van der Waals surface area contributed by atoms with Gasteiger partial charge in [-0.1, -0.05) is 24.3 Å². The quantitative estimate of drug-likeness (QED) is 0.279. The molecule has 0 aliphatic heterocycles. The molecule has 200 valence electrons. The van der Waals surface area contributed by atoms with Gasteiger partial charge in [0.25, 0.3) is 5.91 Å². The normalized spacial score (nSPS) is 13.3. The molecule has 5 rings (SSSR count). The molecule has 3 heterocycles. The Morgan fingerprint density at radius 1 is 1.10 bits per heavy atom. The number of benzene rings is 2. The number of hydrogen-bond acceptors (Lipinski definition) is 7. The number of nitrogens with one attached hydrogen (secondary N) is 2. The van der Waals surface area contributed by atoms with E-state index >= 15 is 0 Å². The van der Waals surface area contributed by atoms with Gasteiger partial charge in [0.15, 0.2) is 0 Å². The number of pyridine rings is 2. The number of rotatable bonds is 7. The minimum Gasteiger partial charge on any atom is -0.494 e. The molecule has 39 heavy (non-hydrogen) atoms. The maximum absolute atomic E-state index is 13.3. The molecule has 13 heteroatoms. The Kier molecular flexibility index (Phi) is 6.68. The van der Waals surface area contributed by atoms with E-state index < -0.39 is 33.2 Å². The summed E-state index contributed by atoms with van der Waals surface area (Å²) in [5, 5.41) is 8.25. The fraction of sp³-hybridized carbons (Fsp3) is 0.154. The van der Waals surface area contributed by atoms with Crippen molar-refractivity contribution >= 4 is 43.1 Å². The van der Waals surface area contributed by atoms with Gasteiger partial charge < -0.3 is 10.1 Å². The number of aryl methyl sites for hydroxylation is 1. The van der Waals surface area contributed by atoms with Gasteiger partial charge in [-0.25, -0.2) is 14.0 Å². The van der Waals surface area contributed by atoms with Crippen molar-refractivity contribution in [2.75, 3.05) is 18.2 Å². The molecule has 5 aromatic rings. The van der Waals surface area contributed by atoms with Gasteiger partial charge >= 0.3 is 6.18 Å². The van der Waals surface area contributed by atoms with Crippen LogP contribution >= 0.6 is 0 Å². The van der Waals surface area contributed by atoms with Crippen LogP contribution in [0.1, 0.15) is 16.2 Å². The number of amides is 1. The molecule has 3 aromatic heterocycles. The van der Waals surface area contributed by atoms with Crippen molar-refractivity contribution in [2.45, 2.75) is 17.6 Å². The summed E-state index contributed by atoms with van der Waals surface area (Å²) < 4.78 is 67.8. The molecule has 0 saturated carbocycles. The van der Waals surface area contributed by atoms with Crippen LogP contribution in [0.25, 0.3) is 21.8 Å². The average Bonchev–Trinajstić information content (AvgIpc) is 3.32. The number of nitrogens with zero attached hydrogens (tertiary/aromatic N) is 4. The number of ether oxygens (including phenoxy) is 1. The third-order valence-corrected chi connectivity index (χ3v) is 7.79. The van der Waals surface area contributed by atoms with E-state index in [1.807, 2.05) is 6.07 Å². The summed E-state index contributed by atoms with van der Waals surface area (Å²) in [6.45, 7) is 0.172. The highest BCUT2D eigenvalue weighted by molar-refractivity contribution is 7.92. The van der Waals surface area contributed by atoms with Crippen LogP contribution < -0.4 is 10.1 Å². The van der Waals surface area contributed by atoms with E-state index in [1.54, 1.807) is 47.3 Å². The first-order valence-corrected chi connectivity index (χ1v) is 13.3. The first-order chi connectivity index (χ1) is 18.5. The molecule has 0 fully saturated rings. The number of carbonyl (C=O) groups is 1. The molecule has 0 saturated heterocycles. The van der Waals surface area contributed by atoms with Crippen LogP contribution in [0, 0.1) is 4.78 Å². The molecule has 0 bridgehead atoms. The Bertz CT molecular complexity index is 1810. The molecule has 9 nitrogen and oxygen atoms in total. The highest BCUT2D eigenvalue weighted by Crippen LogP contribution is 2.31. The monoisotopic (exact) mass is 554 g/mol. The van der Waals surface area contributed by atoms with E-state index in [2.05, 4.69) is 20.4 Å². The molecule has 0 aliphatic rings. The summed E-state index contributed by atoms with van der Waals surface area (Å²) in [5.74, 6) is -0.609. The van der Waals surface area contributed by atoms with Crippen LogP contribution in [0.15, 0.2) is 78.0 Å². The van der Waals surface area contributed by atoms with Gasteiger partial charge in [0, 0.05) is 29.2 Å². The maximum Gasteiger partial charge on any atom is 0.433 e. The lowest BCUT2D eigenvalue weighted by Gasteiger charge is -2.11. The van der Waals surface area contributed by atoms with E-state index in [0.717, 1.165) is 12.1 Å². The minimum atomic E-state index is -4.69. The Morgan fingerprint density at radius 3 is 2.67 bits per heavy atom. The standard InChI is InChI=1S/C26H21F3N6O3S/c1-38-22-14-20-16(13-21(22)33-25(36)19-7-4-8-24(32-19)26(27,28)29)15-35(34-20)11-12-39(30,37)23-9-10-31-18-6-3-2-5-17(18)23/h2-10,13-15,30H,11-12H2,1H3,(H,33,36). The van der Waals surface area contributed by atoms with Crippen molar-refractivity contribution in [1.82, 2.24) is 19.7 Å². The highest BCUT2D eigenvalue weighted by Gasteiger charge is 2.33. The lowest BCUT2D eigenvalue weighted by Crippen LogP contribution is -2.17. The number of halogens is 3. The van der Waals surface area contributed by atoms with Crippen LogP contribution in [0.4, 0.5) is 18.9 Å². The molecule has 0 spiro atoms. The molecular formula is C26H21F3N6O3S. The third kappa shape index (κ3) is 5.39. The average molecular weight is 555 g/mol. The zero-order chi connectivity index (χ0) is 27.8. The van der Waals surface area contributed by atoms with Crippen molar-refractivity contribution in [3.05, 3.63) is 84.4 Å². The van der Waals surface area contributed by atoms with Gasteiger partial charge in [0.2, 0.25) is 0 Å². The predicted octanol–water partition coefficient (Wildman–Crippen LogP) is 5.37. The second-order valence-electron chi connectivity index (χ2n) is 8.57. The molecule has 2 aromatic carbocycles. The second-order valence-corrected chi connectivity index (χ2v) is 10.8. The fourth-order valence-corrected chi connectivity index (χ4v) is 5.55. The zero-order valence-corrected chi connectivity index (χ0v) is 21.2. The first-order valence-electron chi connectivity index (χ1n) is 11.6. The molecular weight excluding hydrogens is 533 g/mol. The Morgan fingerprint density at radius 2 is 1.90 bits per heavy atom. The van der Waals surface area contributed by atoms with E-state index in [9.17, 15) is 22.2 Å². The number of para-hydroxylation sites is 1. The maximum atomic E-state index is 13.3. The van der Waals surface area contributed by atoms with E-state index in [0.29, 0.717) is 26.7 Å². The van der Waals surface area contributed by atoms with Crippen molar-refractivity contribution < 1.29 is 26.9 Å². The number of hydrogen-bond donors (Lipinski definition) is 2. The number of fused-ring (bicyclic) bond motifs is 2. The molecule has 2 N–H and O–H groups in total. The van der Waals surface area contributed by atoms with Gasteiger partial charge in [-0.05, 0) is 30.3 Å². The van der Waals surface area contributed by atoms with E-state index in [-0.39, 0.29) is 23.7 Å². The predicted molar refractivity (Wildman–Crippen MR) is 139 cm³/mol. The number of anilines is 1. The highest BCUT2D eigenvalue weighted by atomic mass is 32.2. The van der Waals surface area contributed by atoms with Crippen molar-refractivity contribution in [2.24, 2.45) is 0 Å². The molecule has 0 radical (unpaired) electrons. The summed E-state index contributed by atoms with van der Waals surface area (Å²) in [6, 6.07) is 15.0. The van der Waals surface area contributed by atoms with E-state index in [1.165, 1.54) is 19.4 Å². The van der Waals surface area contributed by atoms with Gasteiger partial charge in [-0.15, -0.1) is 0 Å². The van der Waals surface area contributed by atoms with Gasteiger partial charge in [-0.3, -0.25) is 14.5 Å². The number of carbonyl (C=O) groups excluding carboxylic acids is 1. The lowest BCUT2D eigenvalue weighted by atomic mass is 10.2. The summed E-state index contributed by atoms with van der Waals surface area (Å²) >= 11 is 0. The number of aromatic nitrogens is 4. The van der Waals surface area contributed by atoms with Crippen molar-refractivity contribution in [3.8, 4) is 5.75 Å². The zero-order valence-electron chi connectivity index (χ0n) is 20.4. The van der Waals surface area contributed by atoms with Crippen LogP contribution in [-0.4, -0.2) is 42.7 Å². The second kappa shape index (κ2) is 9.98. The molecule has 1 amide bonds. The van der Waals surface area contributed by atoms with Crippen molar-refractivity contribution in [1.29, 1.82) is 4.78 Å². The molecule has 1 unspecified atom stereocenters. The van der Waals surface area contributed by atoms with Crippen molar-refractivity contribution in [3.63, 3.8) is 0 Å². The Balaban J connectivity index is 1.38. The number of alkyl halides is 3. The van der Waals surface area contributed by atoms with Crippen LogP contribution in [-0.2, 0) is 22.5 Å². The Labute approximate surface area is 220 Å². The fourth-order valence-electron chi connectivity index (χ4n) is 4.08. The molecule has 1 atom stereocenters. The third-order valence-electron chi connectivity index (χ3n) is 5.97. The summed E-state index contributed by atoms with van der Waals surface area (Å²) in [7, 11) is -1.79. The summed E-state index contributed by atoms with van der Waals surface area (Å²) in [5.41, 5.74) is -0.211. The smallest absolute Gasteiger partial charge is 0.433 e. The summed E-state index contributed by atoms with van der Waals surface area (Å²) in [6.07, 6.45) is -1.49. The van der Waals surface area contributed by atoms with Crippen LogP contribution in [0.3, 0.4) is 0 Å². The largest absolute Gasteiger partial charge is 0.494 e. The number of methoxy groups -OCH3 is 1. The van der Waals surface area contributed by atoms with Crippen LogP contribution in [0.5, 0.6) is 5.75 Å². The SMILES string of the molecule is COc1cc2nn(CCS(=N)(=O)c3ccnc4ccccc34)cc2cc1NC(=O)c1cccc(C(F)(F)F)n1. The van der Waals surface area contributed by atoms with Gasteiger partial charge in [0.1, 0.15) is 17.1 Å². The minimum absolute atomic E-state index is 0.00304.